The van der Waals surface area contributed by atoms with Gasteiger partial charge >= 0.3 is 11.9 Å². The molecule has 2 fully saturated rings. The maximum absolute atomic E-state index is 11.5. The van der Waals surface area contributed by atoms with E-state index in [1.54, 1.807) is 0 Å². The van der Waals surface area contributed by atoms with Crippen LogP contribution in [0.5, 0.6) is 5.75 Å². The zero-order valence-electron chi connectivity index (χ0n) is 15.9. The number of esters is 1. The molecule has 1 N–H and O–H groups in total. The summed E-state index contributed by atoms with van der Waals surface area (Å²) in [6.07, 6.45) is 6.23. The monoisotopic (exact) mass is 390 g/mol. The number of aryl methyl sites for hydroxylation is 1. The van der Waals surface area contributed by atoms with E-state index < -0.39 is 11.3 Å². The topological polar surface area (TPSA) is 63.6 Å². The van der Waals surface area contributed by atoms with Crippen LogP contribution in [0.3, 0.4) is 0 Å². The van der Waals surface area contributed by atoms with Crippen molar-refractivity contribution in [3.05, 3.63) is 29.3 Å². The Morgan fingerprint density at radius 2 is 2.04 bits per heavy atom. The first kappa shape index (κ1) is 18.8. The number of hydrogen-bond acceptors (Lipinski definition) is 3. The standard InChI is InChI=1S/C22H27ClO4/c1-12(24)27-14-4-6-15-13(11-14)3-5-17-16(15)9-10-22(2)18(17)7-8-19(22)20(23)21(25)26/h4,6,11,16-20H,3,5,7-10H2,1-2H3,(H,25,26)/t16-,17-,18+,19-,20?,22+/m1/s1. The number of carbonyl (C=O) groups is 2. The van der Waals surface area contributed by atoms with Gasteiger partial charge in [0.2, 0.25) is 0 Å². The Bertz CT molecular complexity index is 776. The molecule has 0 bridgehead atoms. The number of benzene rings is 1. The molecule has 0 aromatic heterocycles. The quantitative estimate of drug-likeness (QED) is 0.458. The molecule has 3 aliphatic rings. The first-order valence-corrected chi connectivity index (χ1v) is 10.4. The van der Waals surface area contributed by atoms with Crippen LogP contribution >= 0.6 is 11.6 Å². The van der Waals surface area contributed by atoms with Gasteiger partial charge < -0.3 is 9.84 Å². The average molecular weight is 391 g/mol. The third kappa shape index (κ3) is 3.06. The van der Waals surface area contributed by atoms with Crippen LogP contribution in [-0.4, -0.2) is 22.4 Å². The number of hydrogen-bond donors (Lipinski definition) is 1. The van der Waals surface area contributed by atoms with E-state index in [0.29, 0.717) is 23.5 Å². The predicted octanol–water partition coefficient (Wildman–Crippen LogP) is 4.78. The fourth-order valence-corrected chi connectivity index (χ4v) is 6.90. The van der Waals surface area contributed by atoms with Crippen molar-refractivity contribution in [3.63, 3.8) is 0 Å². The summed E-state index contributed by atoms with van der Waals surface area (Å²) in [4.78, 5) is 22.7. The number of fused-ring (bicyclic) bond motifs is 5. The smallest absolute Gasteiger partial charge is 0.321 e. The number of aliphatic carboxylic acids is 1. The first-order chi connectivity index (χ1) is 12.8. The fourth-order valence-electron chi connectivity index (χ4n) is 6.48. The van der Waals surface area contributed by atoms with Gasteiger partial charge in [-0.3, -0.25) is 9.59 Å². The lowest BCUT2D eigenvalue weighted by Crippen LogP contribution is -2.45. The van der Waals surface area contributed by atoms with E-state index in [1.807, 2.05) is 12.1 Å². The lowest BCUT2D eigenvalue weighted by Gasteiger charge is -2.51. The molecule has 6 atom stereocenters. The van der Waals surface area contributed by atoms with Gasteiger partial charge in [-0.2, -0.15) is 0 Å². The van der Waals surface area contributed by atoms with Crippen LogP contribution < -0.4 is 4.74 Å². The number of rotatable bonds is 3. The molecule has 5 heteroatoms. The van der Waals surface area contributed by atoms with E-state index in [1.165, 1.54) is 18.1 Å². The second-order valence-electron chi connectivity index (χ2n) is 8.84. The third-order valence-electron chi connectivity index (χ3n) is 7.62. The van der Waals surface area contributed by atoms with E-state index in [4.69, 9.17) is 16.3 Å². The van der Waals surface area contributed by atoms with Crippen molar-refractivity contribution in [1.82, 2.24) is 0 Å². The van der Waals surface area contributed by atoms with Crippen LogP contribution in [0.25, 0.3) is 0 Å². The SMILES string of the molecule is CC(=O)Oc1ccc2c(c1)CC[C@@H]1[C@@H]2CC[C@]2(C)[C@@H](C(Cl)C(=O)O)CC[C@@H]12. The largest absolute Gasteiger partial charge is 0.480 e. The molecule has 1 unspecified atom stereocenters. The Labute approximate surface area is 165 Å². The third-order valence-corrected chi connectivity index (χ3v) is 8.11. The van der Waals surface area contributed by atoms with E-state index >= 15 is 0 Å². The number of carboxylic acid groups (broad SMARTS) is 1. The summed E-state index contributed by atoms with van der Waals surface area (Å²) in [7, 11) is 0. The van der Waals surface area contributed by atoms with Gasteiger partial charge in [0.25, 0.3) is 0 Å². The van der Waals surface area contributed by atoms with Crippen molar-refractivity contribution in [3.8, 4) is 5.75 Å². The molecule has 0 heterocycles. The molecule has 1 aromatic rings. The number of halogens is 1. The average Bonchev–Trinajstić information content (AvgIpc) is 2.97. The minimum atomic E-state index is -0.877. The summed E-state index contributed by atoms with van der Waals surface area (Å²) >= 11 is 6.31. The maximum Gasteiger partial charge on any atom is 0.321 e. The summed E-state index contributed by atoms with van der Waals surface area (Å²) in [6.45, 7) is 3.71. The Hall–Kier alpha value is -1.55. The van der Waals surface area contributed by atoms with E-state index in [2.05, 4.69) is 13.0 Å². The van der Waals surface area contributed by atoms with Gasteiger partial charge in [-0.05, 0) is 90.9 Å². The minimum absolute atomic E-state index is 0.0289. The van der Waals surface area contributed by atoms with Crippen molar-refractivity contribution in [2.24, 2.45) is 23.2 Å². The van der Waals surface area contributed by atoms with Crippen molar-refractivity contribution in [1.29, 1.82) is 0 Å². The fraction of sp³-hybridized carbons (Fsp3) is 0.636. The zero-order valence-corrected chi connectivity index (χ0v) is 16.7. The molecule has 4 nitrogen and oxygen atoms in total. The normalized spacial score (nSPS) is 35.5. The van der Waals surface area contributed by atoms with E-state index in [0.717, 1.165) is 38.5 Å². The first-order valence-electron chi connectivity index (χ1n) is 9.99. The van der Waals surface area contributed by atoms with Gasteiger partial charge in [-0.1, -0.05) is 13.0 Å². The lowest BCUT2D eigenvalue weighted by molar-refractivity contribution is -0.139. The molecule has 4 rings (SSSR count). The molecule has 27 heavy (non-hydrogen) atoms. The highest BCUT2D eigenvalue weighted by Crippen LogP contribution is 2.64. The number of carbonyl (C=O) groups excluding carboxylic acids is 1. The van der Waals surface area contributed by atoms with E-state index in [9.17, 15) is 14.7 Å². The summed E-state index contributed by atoms with van der Waals surface area (Å²) in [5, 5.41) is 8.65. The molecule has 3 aliphatic carbocycles. The highest BCUT2D eigenvalue weighted by atomic mass is 35.5. The van der Waals surface area contributed by atoms with Crippen LogP contribution in [0.1, 0.15) is 63.0 Å². The highest BCUT2D eigenvalue weighted by molar-refractivity contribution is 6.29. The van der Waals surface area contributed by atoms with Crippen LogP contribution in [0.15, 0.2) is 18.2 Å². The van der Waals surface area contributed by atoms with Crippen molar-refractivity contribution in [2.75, 3.05) is 0 Å². The number of carboxylic acids is 1. The molecule has 1 aromatic carbocycles. The molecular weight excluding hydrogens is 364 g/mol. The summed E-state index contributed by atoms with van der Waals surface area (Å²) < 4.78 is 5.26. The minimum Gasteiger partial charge on any atom is -0.480 e. The van der Waals surface area contributed by atoms with Gasteiger partial charge in [0.15, 0.2) is 0 Å². The zero-order chi connectivity index (χ0) is 19.3. The molecule has 2 saturated carbocycles. The van der Waals surface area contributed by atoms with Crippen LogP contribution in [0.4, 0.5) is 0 Å². The predicted molar refractivity (Wildman–Crippen MR) is 103 cm³/mol. The van der Waals surface area contributed by atoms with Crippen LogP contribution in [0, 0.1) is 23.2 Å². The lowest BCUT2D eigenvalue weighted by atomic mass is 9.54. The molecule has 0 spiro atoms. The summed E-state index contributed by atoms with van der Waals surface area (Å²) in [5.74, 6) is 1.20. The van der Waals surface area contributed by atoms with Gasteiger partial charge in [0.05, 0.1) is 0 Å². The van der Waals surface area contributed by atoms with Crippen molar-refractivity contribution in [2.45, 2.75) is 63.7 Å². The molecule has 0 radical (unpaired) electrons. The van der Waals surface area contributed by atoms with Gasteiger partial charge in [-0.15, -0.1) is 11.6 Å². The maximum atomic E-state index is 11.5. The van der Waals surface area contributed by atoms with Gasteiger partial charge in [0.1, 0.15) is 11.1 Å². The molecule has 0 saturated heterocycles. The summed E-state index contributed by atoms with van der Waals surface area (Å²) in [5.41, 5.74) is 2.73. The van der Waals surface area contributed by atoms with Gasteiger partial charge in [0, 0.05) is 6.92 Å². The Balaban J connectivity index is 1.60. The summed E-state index contributed by atoms with van der Waals surface area (Å²) in [6, 6.07) is 6.08. The number of alkyl halides is 1. The van der Waals surface area contributed by atoms with Crippen LogP contribution in [0.2, 0.25) is 0 Å². The highest BCUT2D eigenvalue weighted by Gasteiger charge is 2.57. The molecular formula is C22H27ClO4. The second kappa shape index (κ2) is 6.80. The molecule has 146 valence electrons. The molecule has 0 aliphatic heterocycles. The molecule has 0 amide bonds. The van der Waals surface area contributed by atoms with E-state index in [-0.39, 0.29) is 17.3 Å². The van der Waals surface area contributed by atoms with Crippen molar-refractivity contribution >= 4 is 23.5 Å². The Morgan fingerprint density at radius 1 is 1.26 bits per heavy atom. The Morgan fingerprint density at radius 3 is 2.74 bits per heavy atom. The second-order valence-corrected chi connectivity index (χ2v) is 9.31. The Kier molecular flexibility index (Phi) is 4.74. The van der Waals surface area contributed by atoms with Crippen molar-refractivity contribution < 1.29 is 19.4 Å². The number of ether oxygens (including phenoxy) is 1. The van der Waals surface area contributed by atoms with Crippen LogP contribution in [-0.2, 0) is 16.0 Å². The van der Waals surface area contributed by atoms with Gasteiger partial charge in [-0.25, -0.2) is 0 Å².